The Morgan fingerprint density at radius 3 is 2.75 bits per heavy atom. The van der Waals surface area contributed by atoms with Crippen LogP contribution >= 0.6 is 11.3 Å². The Labute approximate surface area is 118 Å². The fraction of sp³-hybridized carbons (Fsp3) is 0.0625. The molecule has 1 aliphatic rings. The Morgan fingerprint density at radius 2 is 1.85 bits per heavy atom. The van der Waals surface area contributed by atoms with Crippen LogP contribution in [0, 0.1) is 5.82 Å². The van der Waals surface area contributed by atoms with Crippen molar-refractivity contribution in [2.24, 2.45) is 0 Å². The number of thiophene rings is 1. The quantitative estimate of drug-likeness (QED) is 0.720. The predicted molar refractivity (Wildman–Crippen MR) is 78.4 cm³/mol. The molecular weight excluding hydrogens is 273 g/mol. The second-order valence-corrected chi connectivity index (χ2v) is 5.66. The SMILES string of the molecule is O=C1NCc2c1cccc2-c1csc2c(F)cccc12. The third-order valence-electron chi connectivity index (χ3n) is 3.69. The molecule has 0 unspecified atom stereocenters. The second kappa shape index (κ2) is 4.15. The van der Waals surface area contributed by atoms with E-state index in [0.717, 1.165) is 27.6 Å². The zero-order valence-electron chi connectivity index (χ0n) is 10.4. The van der Waals surface area contributed by atoms with E-state index in [1.165, 1.54) is 17.4 Å². The molecule has 0 atom stereocenters. The van der Waals surface area contributed by atoms with Crippen molar-refractivity contribution in [2.45, 2.75) is 6.54 Å². The highest BCUT2D eigenvalue weighted by Gasteiger charge is 2.23. The van der Waals surface area contributed by atoms with Crippen LogP contribution in [0.15, 0.2) is 41.8 Å². The van der Waals surface area contributed by atoms with E-state index in [2.05, 4.69) is 5.32 Å². The molecule has 4 rings (SSSR count). The summed E-state index contributed by atoms with van der Waals surface area (Å²) in [7, 11) is 0. The van der Waals surface area contributed by atoms with Gasteiger partial charge in [0.1, 0.15) is 5.82 Å². The summed E-state index contributed by atoms with van der Waals surface area (Å²) in [6.07, 6.45) is 0. The molecule has 1 aromatic heterocycles. The molecule has 20 heavy (non-hydrogen) atoms. The van der Waals surface area contributed by atoms with Crippen LogP contribution in [0.3, 0.4) is 0 Å². The van der Waals surface area contributed by atoms with E-state index in [9.17, 15) is 9.18 Å². The maximum Gasteiger partial charge on any atom is 0.251 e. The normalized spacial score (nSPS) is 13.6. The first-order chi connectivity index (χ1) is 9.75. The number of amides is 1. The fourth-order valence-corrected chi connectivity index (χ4v) is 3.71. The molecule has 1 N–H and O–H groups in total. The zero-order valence-corrected chi connectivity index (χ0v) is 11.3. The number of rotatable bonds is 1. The summed E-state index contributed by atoms with van der Waals surface area (Å²) in [4.78, 5) is 11.7. The van der Waals surface area contributed by atoms with Crippen molar-refractivity contribution in [1.29, 1.82) is 0 Å². The molecule has 0 aliphatic carbocycles. The first-order valence-electron chi connectivity index (χ1n) is 6.32. The second-order valence-electron chi connectivity index (χ2n) is 4.78. The molecule has 0 radical (unpaired) electrons. The van der Waals surface area contributed by atoms with Crippen molar-refractivity contribution in [3.63, 3.8) is 0 Å². The minimum absolute atomic E-state index is 0.0347. The van der Waals surface area contributed by atoms with Gasteiger partial charge in [-0.15, -0.1) is 11.3 Å². The minimum Gasteiger partial charge on any atom is -0.348 e. The molecule has 98 valence electrons. The first kappa shape index (κ1) is 11.6. The van der Waals surface area contributed by atoms with Crippen molar-refractivity contribution in [1.82, 2.24) is 5.32 Å². The van der Waals surface area contributed by atoms with E-state index in [0.29, 0.717) is 11.2 Å². The van der Waals surface area contributed by atoms with Crippen LogP contribution in [0.1, 0.15) is 15.9 Å². The Balaban J connectivity index is 2.02. The van der Waals surface area contributed by atoms with Crippen molar-refractivity contribution in [3.05, 3.63) is 58.7 Å². The number of hydrogen-bond acceptors (Lipinski definition) is 2. The van der Waals surface area contributed by atoms with Gasteiger partial charge in [0.2, 0.25) is 0 Å². The van der Waals surface area contributed by atoms with Crippen molar-refractivity contribution in [2.75, 3.05) is 0 Å². The highest BCUT2D eigenvalue weighted by atomic mass is 32.1. The minimum atomic E-state index is -0.194. The molecule has 0 bridgehead atoms. The monoisotopic (exact) mass is 283 g/mol. The Bertz CT molecular complexity index is 853. The van der Waals surface area contributed by atoms with E-state index < -0.39 is 0 Å². The lowest BCUT2D eigenvalue weighted by Crippen LogP contribution is -2.12. The average Bonchev–Trinajstić information content (AvgIpc) is 3.04. The van der Waals surface area contributed by atoms with Crippen LogP contribution in [0.25, 0.3) is 21.2 Å². The van der Waals surface area contributed by atoms with Gasteiger partial charge in [0.15, 0.2) is 0 Å². The molecule has 0 fully saturated rings. The lowest BCUT2D eigenvalue weighted by Gasteiger charge is -2.06. The van der Waals surface area contributed by atoms with Gasteiger partial charge in [-0.2, -0.15) is 0 Å². The Morgan fingerprint density at radius 1 is 1.05 bits per heavy atom. The predicted octanol–water partition coefficient (Wildman–Crippen LogP) is 3.95. The third kappa shape index (κ3) is 1.51. The van der Waals surface area contributed by atoms with E-state index in [1.54, 1.807) is 6.07 Å². The number of halogens is 1. The Kier molecular flexibility index (Phi) is 2.41. The topological polar surface area (TPSA) is 29.1 Å². The molecule has 1 aliphatic heterocycles. The van der Waals surface area contributed by atoms with E-state index in [4.69, 9.17) is 0 Å². The van der Waals surface area contributed by atoms with Crippen LogP contribution in [0.5, 0.6) is 0 Å². The van der Waals surface area contributed by atoms with E-state index in [1.807, 2.05) is 29.6 Å². The van der Waals surface area contributed by atoms with Gasteiger partial charge in [-0.25, -0.2) is 4.39 Å². The van der Waals surface area contributed by atoms with Crippen LogP contribution in [-0.4, -0.2) is 5.91 Å². The summed E-state index contributed by atoms with van der Waals surface area (Å²) in [5.74, 6) is -0.229. The van der Waals surface area contributed by atoms with E-state index in [-0.39, 0.29) is 11.7 Å². The summed E-state index contributed by atoms with van der Waals surface area (Å²) in [6, 6.07) is 10.8. The maximum absolute atomic E-state index is 13.8. The van der Waals surface area contributed by atoms with Crippen molar-refractivity contribution in [3.8, 4) is 11.1 Å². The molecular formula is C16H10FNOS. The van der Waals surface area contributed by atoms with Crippen LogP contribution in [-0.2, 0) is 6.54 Å². The van der Waals surface area contributed by atoms with Gasteiger partial charge in [-0.1, -0.05) is 24.3 Å². The van der Waals surface area contributed by atoms with Crippen molar-refractivity contribution < 1.29 is 9.18 Å². The molecule has 2 aromatic carbocycles. The summed E-state index contributed by atoms with van der Waals surface area (Å²) in [5, 5.41) is 5.71. The molecule has 3 aromatic rings. The molecule has 1 amide bonds. The van der Waals surface area contributed by atoms with Crippen LogP contribution in [0.2, 0.25) is 0 Å². The fourth-order valence-electron chi connectivity index (χ4n) is 2.74. The number of benzene rings is 2. The highest BCUT2D eigenvalue weighted by molar-refractivity contribution is 7.17. The number of nitrogens with one attached hydrogen (secondary N) is 1. The molecule has 0 saturated heterocycles. The first-order valence-corrected chi connectivity index (χ1v) is 7.20. The van der Waals surface area contributed by atoms with Gasteiger partial charge in [0.25, 0.3) is 5.91 Å². The third-order valence-corrected chi connectivity index (χ3v) is 4.69. The standard InChI is InChI=1S/C16H10FNOS/c17-14-6-2-4-10-13(8-20-15(10)14)9-3-1-5-11-12(9)7-18-16(11)19/h1-6,8H,7H2,(H,18,19). The largest absolute Gasteiger partial charge is 0.348 e. The smallest absolute Gasteiger partial charge is 0.251 e. The lowest BCUT2D eigenvalue weighted by atomic mass is 9.96. The van der Waals surface area contributed by atoms with E-state index >= 15 is 0 Å². The van der Waals surface area contributed by atoms with Gasteiger partial charge in [0.05, 0.1) is 4.70 Å². The molecule has 4 heteroatoms. The van der Waals surface area contributed by atoms with Gasteiger partial charge in [-0.3, -0.25) is 4.79 Å². The number of carbonyl (C=O) groups excluding carboxylic acids is 1. The molecule has 0 saturated carbocycles. The summed E-state index contributed by atoms with van der Waals surface area (Å²) >= 11 is 1.40. The van der Waals surface area contributed by atoms with Gasteiger partial charge in [-0.05, 0) is 28.6 Å². The van der Waals surface area contributed by atoms with Gasteiger partial charge in [0, 0.05) is 23.1 Å². The number of hydrogen-bond donors (Lipinski definition) is 1. The lowest BCUT2D eigenvalue weighted by molar-refractivity contribution is 0.0966. The molecule has 2 heterocycles. The maximum atomic E-state index is 13.8. The average molecular weight is 283 g/mol. The summed E-state index contributed by atoms with van der Waals surface area (Å²) in [6.45, 7) is 0.539. The molecule has 0 spiro atoms. The van der Waals surface area contributed by atoms with Gasteiger partial charge >= 0.3 is 0 Å². The van der Waals surface area contributed by atoms with Crippen LogP contribution < -0.4 is 5.32 Å². The van der Waals surface area contributed by atoms with Crippen molar-refractivity contribution >= 4 is 27.3 Å². The molecule has 2 nitrogen and oxygen atoms in total. The van der Waals surface area contributed by atoms with Crippen LogP contribution in [0.4, 0.5) is 4.39 Å². The zero-order chi connectivity index (χ0) is 13.7. The summed E-state index contributed by atoms with van der Waals surface area (Å²) in [5.41, 5.74) is 3.73. The summed E-state index contributed by atoms with van der Waals surface area (Å²) < 4.78 is 14.5. The number of carbonyl (C=O) groups is 1. The number of fused-ring (bicyclic) bond motifs is 2. The highest BCUT2D eigenvalue weighted by Crippen LogP contribution is 2.38. The Hall–Kier alpha value is -2.20. The van der Waals surface area contributed by atoms with Gasteiger partial charge < -0.3 is 5.32 Å².